The maximum Gasteiger partial charge on any atom is 0.139 e. The Morgan fingerprint density at radius 3 is 3.20 bits per heavy atom. The van der Waals surface area contributed by atoms with E-state index in [0.717, 1.165) is 19.3 Å². The molecule has 1 atom stereocenters. The van der Waals surface area contributed by atoms with Crippen molar-refractivity contribution in [1.29, 1.82) is 0 Å². The quantitative estimate of drug-likeness (QED) is 0.749. The third-order valence-electron chi connectivity index (χ3n) is 2.97. The van der Waals surface area contributed by atoms with Crippen LogP contribution in [0.15, 0.2) is 28.3 Å². The lowest BCUT2D eigenvalue weighted by Gasteiger charge is -2.26. The summed E-state index contributed by atoms with van der Waals surface area (Å²) in [6.45, 7) is 3.56. The van der Waals surface area contributed by atoms with Gasteiger partial charge in [-0.3, -0.25) is 4.99 Å². The molecule has 15 heavy (non-hydrogen) atoms. The largest absolute Gasteiger partial charge is 0.385 e. The van der Waals surface area contributed by atoms with Gasteiger partial charge in [0.25, 0.3) is 0 Å². The van der Waals surface area contributed by atoms with Gasteiger partial charge in [-0.1, -0.05) is 24.6 Å². The van der Waals surface area contributed by atoms with Crippen molar-refractivity contribution in [1.82, 2.24) is 0 Å². The molecule has 0 aromatic heterocycles. The Labute approximate surface area is 90.7 Å². The summed E-state index contributed by atoms with van der Waals surface area (Å²) < 4.78 is 5.70. The molecule has 1 aliphatic carbocycles. The van der Waals surface area contributed by atoms with E-state index >= 15 is 0 Å². The highest BCUT2D eigenvalue weighted by Crippen LogP contribution is 2.26. The fraction of sp³-hybridized carbons (Fsp3) is 0.583. The van der Waals surface area contributed by atoms with Gasteiger partial charge >= 0.3 is 0 Å². The molecule has 0 radical (unpaired) electrons. The summed E-state index contributed by atoms with van der Waals surface area (Å²) in [6, 6.07) is 0. The van der Waals surface area contributed by atoms with Crippen LogP contribution in [0, 0.1) is 0 Å². The molecule has 3 nitrogen and oxygen atoms in total. The highest BCUT2D eigenvalue weighted by atomic mass is 16.5. The highest BCUT2D eigenvalue weighted by molar-refractivity contribution is 5.89. The molecule has 1 heterocycles. The lowest BCUT2D eigenvalue weighted by Crippen LogP contribution is -2.38. The van der Waals surface area contributed by atoms with Crippen LogP contribution >= 0.6 is 0 Å². The molecule has 0 fully saturated rings. The number of amidine groups is 1. The van der Waals surface area contributed by atoms with E-state index in [-0.39, 0.29) is 6.10 Å². The van der Waals surface area contributed by atoms with Crippen LogP contribution in [0.5, 0.6) is 0 Å². The molecular weight excluding hydrogens is 188 g/mol. The van der Waals surface area contributed by atoms with Gasteiger partial charge in [-0.15, -0.1) is 0 Å². The first kappa shape index (κ1) is 10.4. The Hall–Kier alpha value is -1.09. The molecule has 0 aromatic carbocycles. The van der Waals surface area contributed by atoms with Gasteiger partial charge in [0.1, 0.15) is 11.9 Å². The van der Waals surface area contributed by atoms with E-state index in [1.165, 1.54) is 11.1 Å². The van der Waals surface area contributed by atoms with Crippen molar-refractivity contribution in [2.45, 2.75) is 32.3 Å². The van der Waals surface area contributed by atoms with E-state index < -0.39 is 0 Å². The second-order valence-corrected chi connectivity index (χ2v) is 3.91. The summed E-state index contributed by atoms with van der Waals surface area (Å²) in [5.41, 5.74) is 8.58. The number of ether oxygens (including phenoxy) is 1. The molecule has 0 bridgehead atoms. The van der Waals surface area contributed by atoms with Crippen LogP contribution in [0.25, 0.3) is 0 Å². The van der Waals surface area contributed by atoms with Crippen LogP contribution in [0.2, 0.25) is 0 Å². The summed E-state index contributed by atoms with van der Waals surface area (Å²) in [5, 5.41) is 0. The Balaban J connectivity index is 2.27. The molecule has 82 valence electrons. The Bertz CT molecular complexity index is 329. The first-order valence-corrected chi connectivity index (χ1v) is 5.62. The lowest BCUT2D eigenvalue weighted by molar-refractivity contribution is 0.117. The van der Waals surface area contributed by atoms with E-state index in [9.17, 15) is 0 Å². The molecule has 1 unspecified atom stereocenters. The smallest absolute Gasteiger partial charge is 0.139 e. The van der Waals surface area contributed by atoms with Crippen molar-refractivity contribution < 1.29 is 4.74 Å². The third-order valence-corrected chi connectivity index (χ3v) is 2.97. The molecule has 2 rings (SSSR count). The van der Waals surface area contributed by atoms with E-state index in [1.807, 2.05) is 0 Å². The van der Waals surface area contributed by atoms with Crippen molar-refractivity contribution in [3.8, 4) is 0 Å². The standard InChI is InChI=1S/C12H18N2O/c1-2-9-5-3-4-6-10(9)11-12(13)14-7-8-15-11/h4,6,11H,2-3,5,7-8H2,1H3,(H2,13,14). The zero-order chi connectivity index (χ0) is 10.7. The minimum absolute atomic E-state index is 0.0924. The maximum absolute atomic E-state index is 5.88. The summed E-state index contributed by atoms with van der Waals surface area (Å²) in [4.78, 5) is 4.26. The van der Waals surface area contributed by atoms with Crippen molar-refractivity contribution >= 4 is 5.84 Å². The minimum atomic E-state index is -0.0924. The molecule has 0 saturated carbocycles. The predicted molar refractivity (Wildman–Crippen MR) is 61.9 cm³/mol. The normalized spacial score (nSPS) is 26.7. The van der Waals surface area contributed by atoms with E-state index in [1.54, 1.807) is 0 Å². The van der Waals surface area contributed by atoms with Gasteiger partial charge in [0.2, 0.25) is 0 Å². The van der Waals surface area contributed by atoms with E-state index in [4.69, 9.17) is 10.5 Å². The fourth-order valence-corrected chi connectivity index (χ4v) is 2.15. The average Bonchev–Trinajstić information content (AvgIpc) is 2.30. The molecule has 0 amide bonds. The van der Waals surface area contributed by atoms with Crippen LogP contribution in [-0.2, 0) is 4.74 Å². The Morgan fingerprint density at radius 1 is 1.60 bits per heavy atom. The highest BCUT2D eigenvalue weighted by Gasteiger charge is 2.23. The van der Waals surface area contributed by atoms with Crippen LogP contribution < -0.4 is 5.73 Å². The molecule has 0 spiro atoms. The molecule has 3 heteroatoms. The first-order valence-electron chi connectivity index (χ1n) is 5.62. The van der Waals surface area contributed by atoms with Gasteiger partial charge in [0, 0.05) is 0 Å². The second kappa shape index (κ2) is 4.62. The SMILES string of the molecule is CCC1=C(C2OCCN=C2N)C=CCC1. The predicted octanol–water partition coefficient (Wildman–Crippen LogP) is 1.80. The monoisotopic (exact) mass is 206 g/mol. The van der Waals surface area contributed by atoms with Crippen molar-refractivity contribution in [2.24, 2.45) is 10.7 Å². The Morgan fingerprint density at radius 2 is 2.47 bits per heavy atom. The van der Waals surface area contributed by atoms with Gasteiger partial charge in [-0.2, -0.15) is 0 Å². The number of nitrogens with zero attached hydrogens (tertiary/aromatic N) is 1. The van der Waals surface area contributed by atoms with Crippen LogP contribution in [-0.4, -0.2) is 25.1 Å². The summed E-state index contributed by atoms with van der Waals surface area (Å²) in [5.74, 6) is 0.633. The average molecular weight is 206 g/mol. The van der Waals surface area contributed by atoms with Gasteiger partial charge in [0.15, 0.2) is 0 Å². The summed E-state index contributed by atoms with van der Waals surface area (Å²) >= 11 is 0. The van der Waals surface area contributed by atoms with Crippen molar-refractivity contribution in [2.75, 3.05) is 13.2 Å². The molecule has 1 aliphatic heterocycles. The van der Waals surface area contributed by atoms with Crippen LogP contribution in [0.3, 0.4) is 0 Å². The fourth-order valence-electron chi connectivity index (χ4n) is 2.15. The number of rotatable bonds is 2. The van der Waals surface area contributed by atoms with Gasteiger partial charge in [0.05, 0.1) is 13.2 Å². The first-order chi connectivity index (χ1) is 7.33. The zero-order valence-corrected chi connectivity index (χ0v) is 9.20. The number of hydrogen-bond acceptors (Lipinski definition) is 3. The second-order valence-electron chi connectivity index (χ2n) is 3.91. The maximum atomic E-state index is 5.88. The minimum Gasteiger partial charge on any atom is -0.385 e. The lowest BCUT2D eigenvalue weighted by atomic mass is 9.91. The third kappa shape index (κ3) is 2.12. The number of nitrogens with two attached hydrogens (primary N) is 1. The summed E-state index contributed by atoms with van der Waals surface area (Å²) in [6.07, 6.45) is 7.60. The number of allylic oxidation sites excluding steroid dienone is 2. The van der Waals surface area contributed by atoms with Gasteiger partial charge in [-0.05, 0) is 24.8 Å². The molecule has 2 N–H and O–H groups in total. The Kier molecular flexibility index (Phi) is 3.21. The van der Waals surface area contributed by atoms with Crippen molar-refractivity contribution in [3.63, 3.8) is 0 Å². The zero-order valence-electron chi connectivity index (χ0n) is 9.20. The topological polar surface area (TPSA) is 47.6 Å². The summed E-state index contributed by atoms with van der Waals surface area (Å²) in [7, 11) is 0. The number of hydrogen-bond donors (Lipinski definition) is 1. The van der Waals surface area contributed by atoms with Crippen LogP contribution in [0.4, 0.5) is 0 Å². The molecule has 0 saturated heterocycles. The van der Waals surface area contributed by atoms with Crippen molar-refractivity contribution in [3.05, 3.63) is 23.3 Å². The van der Waals surface area contributed by atoms with Gasteiger partial charge < -0.3 is 10.5 Å². The van der Waals surface area contributed by atoms with E-state index in [2.05, 4.69) is 24.1 Å². The van der Waals surface area contributed by atoms with Gasteiger partial charge in [-0.25, -0.2) is 0 Å². The molecular formula is C12H18N2O. The van der Waals surface area contributed by atoms with Crippen LogP contribution in [0.1, 0.15) is 26.2 Å². The molecule has 0 aromatic rings. The van der Waals surface area contributed by atoms with E-state index in [0.29, 0.717) is 19.0 Å². The number of aliphatic imine (C=N–C) groups is 1. The molecule has 2 aliphatic rings.